The fourth-order valence-corrected chi connectivity index (χ4v) is 5.82. The second kappa shape index (κ2) is 10.6. The largest absolute Gasteiger partial charge is 0.364 e. The molecule has 0 saturated carbocycles. The maximum atomic E-state index is 15.9. The summed E-state index contributed by atoms with van der Waals surface area (Å²) >= 11 is 1.32. The van der Waals surface area contributed by atoms with Crippen LogP contribution in [-0.4, -0.2) is 39.7 Å². The van der Waals surface area contributed by atoms with Gasteiger partial charge in [0.1, 0.15) is 11.5 Å². The molecule has 0 atom stereocenters. The Labute approximate surface area is 242 Å². The zero-order chi connectivity index (χ0) is 29.6. The Morgan fingerprint density at radius 2 is 1.90 bits per heavy atom. The van der Waals surface area contributed by atoms with E-state index in [0.29, 0.717) is 21.9 Å². The first-order valence-corrected chi connectivity index (χ1v) is 13.9. The summed E-state index contributed by atoms with van der Waals surface area (Å²) in [7, 11) is 1.44. The molecule has 0 bridgehead atoms. The van der Waals surface area contributed by atoms with Gasteiger partial charge in [0.15, 0.2) is 5.82 Å². The fraction of sp³-hybridized carbons (Fsp3) is 0.200. The molecule has 2 aromatic carbocycles. The molecule has 2 N–H and O–H groups in total. The molecule has 1 aliphatic rings. The number of hydrogen-bond acceptors (Lipinski definition) is 7. The Kier molecular flexibility index (Phi) is 6.93. The first-order chi connectivity index (χ1) is 20.1. The Hall–Kier alpha value is -4.71. The molecule has 5 aromatic rings. The van der Waals surface area contributed by atoms with Crippen molar-refractivity contribution in [1.29, 1.82) is 0 Å². The van der Waals surface area contributed by atoms with Crippen LogP contribution in [0.15, 0.2) is 71.7 Å². The molecule has 1 fully saturated rings. The van der Waals surface area contributed by atoms with Gasteiger partial charge in [0, 0.05) is 30.3 Å². The van der Waals surface area contributed by atoms with Crippen LogP contribution in [0, 0.1) is 12.7 Å². The van der Waals surface area contributed by atoms with Crippen molar-refractivity contribution in [1.82, 2.24) is 14.8 Å². The van der Waals surface area contributed by atoms with Crippen LogP contribution in [0.5, 0.6) is 0 Å². The number of nitrogens with one attached hydrogen (secondary N) is 2. The zero-order valence-corrected chi connectivity index (χ0v) is 23.4. The minimum Gasteiger partial charge on any atom is -0.364 e. The Morgan fingerprint density at radius 1 is 1.10 bits per heavy atom. The summed E-state index contributed by atoms with van der Waals surface area (Å²) < 4.78 is 45.1. The Bertz CT molecular complexity index is 1850. The molecule has 4 heterocycles. The van der Waals surface area contributed by atoms with Gasteiger partial charge in [-0.2, -0.15) is 5.10 Å². The molecule has 3 aromatic heterocycles. The van der Waals surface area contributed by atoms with Crippen LogP contribution in [0.2, 0.25) is 0 Å². The van der Waals surface area contributed by atoms with Crippen molar-refractivity contribution >= 4 is 50.2 Å². The number of benzene rings is 2. The van der Waals surface area contributed by atoms with Crippen LogP contribution >= 0.6 is 11.3 Å². The van der Waals surface area contributed by atoms with Crippen LogP contribution in [-0.2, 0) is 7.05 Å². The number of pyridine rings is 1. The van der Waals surface area contributed by atoms with Gasteiger partial charge in [-0.25, -0.2) is 22.8 Å². The molecule has 42 heavy (non-hydrogen) atoms. The molecule has 8 nitrogen and oxygen atoms in total. The molecule has 12 heteroatoms. The summed E-state index contributed by atoms with van der Waals surface area (Å²) in [6.07, 6.45) is 1.25. The number of amides is 1. The van der Waals surface area contributed by atoms with Gasteiger partial charge >= 0.3 is 0 Å². The fourth-order valence-electron chi connectivity index (χ4n) is 4.86. The highest BCUT2D eigenvalue weighted by molar-refractivity contribution is 7.20. The summed E-state index contributed by atoms with van der Waals surface area (Å²) in [5.41, 5.74) is 0.947. The number of alkyl halides is 2. The molecule has 0 unspecified atom stereocenters. The smallest absolute Gasteiger partial charge is 0.290 e. The normalized spacial score (nSPS) is 14.4. The van der Waals surface area contributed by atoms with Crippen LogP contribution in [0.1, 0.15) is 21.7 Å². The number of nitrogens with zero attached hydrogens (tertiary/aromatic N) is 4. The van der Waals surface area contributed by atoms with Gasteiger partial charge in [-0.05, 0) is 54.3 Å². The summed E-state index contributed by atoms with van der Waals surface area (Å²) in [6.45, 7) is 1.54. The molecule has 6 rings (SSSR count). The molecule has 0 spiro atoms. The van der Waals surface area contributed by atoms with E-state index in [2.05, 4.69) is 20.7 Å². The number of thiophene rings is 1. The zero-order valence-electron chi connectivity index (χ0n) is 22.6. The minimum absolute atomic E-state index is 0.0184. The number of halogens is 3. The van der Waals surface area contributed by atoms with Gasteiger partial charge in [0.25, 0.3) is 17.4 Å². The van der Waals surface area contributed by atoms with E-state index in [4.69, 9.17) is 0 Å². The van der Waals surface area contributed by atoms with E-state index in [0.717, 1.165) is 14.8 Å². The highest BCUT2D eigenvalue weighted by atomic mass is 32.1. The quantitative estimate of drug-likeness (QED) is 0.240. The average molecular weight is 591 g/mol. The van der Waals surface area contributed by atoms with Crippen LogP contribution in [0.25, 0.3) is 21.3 Å². The van der Waals surface area contributed by atoms with Crippen molar-refractivity contribution in [3.63, 3.8) is 0 Å². The molecule has 0 radical (unpaired) electrons. The summed E-state index contributed by atoms with van der Waals surface area (Å²) in [5.74, 6) is -3.55. The summed E-state index contributed by atoms with van der Waals surface area (Å²) in [5, 5.41) is 10.8. The standard InChI is InChI=1S/C30H25F3N6O2S/c1-17-7-9-20(26(31)27(17)36-28(40)24-13-18-5-3-4-6-23(18)42-24)21-14-22(29(41)38(2)37-21)35-25-10-8-19(15-34-25)39-12-11-30(32,33)16-39/h3-10,13-15H,11-12,16H2,1-2H3,(H,34,35)(H,36,40). The predicted octanol–water partition coefficient (Wildman–Crippen LogP) is 6.35. The monoisotopic (exact) mass is 590 g/mol. The third kappa shape index (κ3) is 5.32. The van der Waals surface area contributed by atoms with Crippen molar-refractivity contribution in [2.24, 2.45) is 7.05 Å². The van der Waals surface area contributed by atoms with E-state index in [1.165, 1.54) is 36.7 Å². The second-order valence-corrected chi connectivity index (χ2v) is 11.2. The van der Waals surface area contributed by atoms with Crippen LogP contribution < -0.4 is 21.1 Å². The molecule has 1 aliphatic heterocycles. The number of aromatic nitrogens is 3. The van der Waals surface area contributed by atoms with Gasteiger partial charge < -0.3 is 15.5 Å². The predicted molar refractivity (Wildman–Crippen MR) is 159 cm³/mol. The minimum atomic E-state index is -2.73. The maximum absolute atomic E-state index is 15.9. The first kappa shape index (κ1) is 27.5. The van der Waals surface area contributed by atoms with Gasteiger partial charge in [-0.1, -0.05) is 24.3 Å². The molecule has 1 amide bonds. The highest BCUT2D eigenvalue weighted by Gasteiger charge is 2.38. The third-order valence-electron chi connectivity index (χ3n) is 7.12. The lowest BCUT2D eigenvalue weighted by molar-refractivity contribution is 0.0257. The van der Waals surface area contributed by atoms with Gasteiger partial charge in [-0.3, -0.25) is 9.59 Å². The first-order valence-electron chi connectivity index (χ1n) is 13.1. The molecule has 214 valence electrons. The number of fused-ring (bicyclic) bond motifs is 1. The lowest BCUT2D eigenvalue weighted by atomic mass is 10.1. The summed E-state index contributed by atoms with van der Waals surface area (Å²) in [4.78, 5) is 32.2. The third-order valence-corrected chi connectivity index (χ3v) is 8.24. The number of carbonyl (C=O) groups excluding carboxylic acids is 1. The lowest BCUT2D eigenvalue weighted by Crippen LogP contribution is -2.25. The SMILES string of the molecule is Cc1ccc(-c2cc(Nc3ccc(N4CCC(F)(F)C4)cn3)c(=O)n(C)n2)c(F)c1NC(=O)c1cc2ccccc2s1. The highest BCUT2D eigenvalue weighted by Crippen LogP contribution is 2.33. The van der Waals surface area contributed by atoms with Gasteiger partial charge in [0.2, 0.25) is 0 Å². The van der Waals surface area contributed by atoms with Crippen molar-refractivity contribution < 1.29 is 18.0 Å². The van der Waals surface area contributed by atoms with Crippen molar-refractivity contribution in [2.45, 2.75) is 19.3 Å². The van der Waals surface area contributed by atoms with Crippen molar-refractivity contribution in [3.05, 3.63) is 93.5 Å². The van der Waals surface area contributed by atoms with E-state index >= 15 is 4.39 Å². The van der Waals surface area contributed by atoms with E-state index in [1.54, 1.807) is 36.1 Å². The van der Waals surface area contributed by atoms with E-state index in [9.17, 15) is 18.4 Å². The maximum Gasteiger partial charge on any atom is 0.290 e. The lowest BCUT2D eigenvalue weighted by Gasteiger charge is -2.18. The molecular weight excluding hydrogens is 565 g/mol. The van der Waals surface area contributed by atoms with E-state index in [-0.39, 0.29) is 42.1 Å². The molecular formula is C30H25F3N6O2S. The average Bonchev–Trinajstić information content (AvgIpc) is 3.57. The Morgan fingerprint density at radius 3 is 2.62 bits per heavy atom. The number of anilines is 4. The Balaban J connectivity index is 1.27. The van der Waals surface area contributed by atoms with E-state index < -0.39 is 23.2 Å². The van der Waals surface area contributed by atoms with Gasteiger partial charge in [0.05, 0.1) is 34.7 Å². The number of carbonyl (C=O) groups is 1. The topological polar surface area (TPSA) is 92.2 Å². The van der Waals surface area contributed by atoms with Gasteiger partial charge in [-0.15, -0.1) is 11.3 Å². The second-order valence-electron chi connectivity index (χ2n) is 10.1. The number of hydrogen-bond donors (Lipinski definition) is 2. The van der Waals surface area contributed by atoms with Crippen LogP contribution in [0.4, 0.5) is 36.1 Å². The number of rotatable bonds is 6. The van der Waals surface area contributed by atoms with Crippen LogP contribution in [0.3, 0.4) is 0 Å². The van der Waals surface area contributed by atoms with Crippen molar-refractivity contribution in [2.75, 3.05) is 28.6 Å². The van der Waals surface area contributed by atoms with Crippen molar-refractivity contribution in [3.8, 4) is 11.3 Å². The molecule has 1 saturated heterocycles. The van der Waals surface area contributed by atoms with E-state index in [1.807, 2.05) is 24.3 Å². The number of aryl methyl sites for hydroxylation is 2. The molecule has 0 aliphatic carbocycles. The summed E-state index contributed by atoms with van der Waals surface area (Å²) in [6, 6.07) is 17.2.